The van der Waals surface area contributed by atoms with Crippen LogP contribution in [0.15, 0.2) is 91.0 Å². The molecule has 3 aromatic rings. The monoisotopic (exact) mass is 338 g/mol. The molecule has 0 saturated heterocycles. The molecule has 0 heterocycles. The summed E-state index contributed by atoms with van der Waals surface area (Å²) in [4.78, 5) is 0. The van der Waals surface area contributed by atoms with E-state index in [9.17, 15) is 0 Å². The van der Waals surface area contributed by atoms with Crippen molar-refractivity contribution >= 4 is 15.9 Å². The molecule has 106 valence electrons. The van der Waals surface area contributed by atoms with Gasteiger partial charge in [0.15, 0.2) is 0 Å². The first-order chi connectivity index (χ1) is 9.82. The summed E-state index contributed by atoms with van der Waals surface area (Å²) in [6.45, 7) is 0. The van der Waals surface area contributed by atoms with Gasteiger partial charge in [0.2, 0.25) is 0 Å². The number of rotatable bonds is 3. The molecule has 3 rings (SSSR count). The zero-order chi connectivity index (χ0) is 13.8. The average Bonchev–Trinajstić information content (AvgIpc) is 2.56. The van der Waals surface area contributed by atoms with E-state index >= 15 is 0 Å². The van der Waals surface area contributed by atoms with Gasteiger partial charge in [-0.25, -0.2) is 0 Å². The molecule has 0 unspecified atom stereocenters. The second-order valence-electron chi connectivity index (χ2n) is 4.76. The Balaban J connectivity index is 0.00000161. The fourth-order valence-corrected chi connectivity index (χ4v) is 3.30. The number of halogens is 1. The lowest BCUT2D eigenvalue weighted by Gasteiger charge is -2.29. The van der Waals surface area contributed by atoms with Crippen LogP contribution < -0.4 is 0 Å². The Kier molecular flexibility index (Phi) is 4.98. The molecule has 0 amide bonds. The standard InChI is InChI=1S/C19H15Br.CH4/c20-19(16-10-4-1-5-11-16,17-12-6-2-7-13-17)18-14-8-3-9-15-18;/h1-15H;1H4. The lowest BCUT2D eigenvalue weighted by Crippen LogP contribution is -2.21. The Hall–Kier alpha value is -1.86. The molecule has 0 aliphatic carbocycles. The van der Waals surface area contributed by atoms with E-state index in [0.717, 1.165) is 0 Å². The first-order valence-corrected chi connectivity index (χ1v) is 7.46. The van der Waals surface area contributed by atoms with Crippen LogP contribution in [0.1, 0.15) is 24.1 Å². The number of hydrogen-bond acceptors (Lipinski definition) is 0. The van der Waals surface area contributed by atoms with E-state index in [1.165, 1.54) is 16.7 Å². The highest BCUT2D eigenvalue weighted by atomic mass is 79.9. The Morgan fingerprint density at radius 2 is 0.714 bits per heavy atom. The molecule has 0 fully saturated rings. The first-order valence-electron chi connectivity index (χ1n) is 6.67. The maximum Gasteiger partial charge on any atom is 0.100 e. The van der Waals surface area contributed by atoms with Crippen LogP contribution in [0.3, 0.4) is 0 Å². The van der Waals surface area contributed by atoms with E-state index in [1.807, 2.05) is 18.2 Å². The summed E-state index contributed by atoms with van der Waals surface area (Å²) in [6, 6.07) is 31.6. The van der Waals surface area contributed by atoms with Crippen LogP contribution in [0.4, 0.5) is 0 Å². The lowest BCUT2D eigenvalue weighted by atomic mass is 9.85. The summed E-state index contributed by atoms with van der Waals surface area (Å²) in [7, 11) is 0. The first kappa shape index (κ1) is 15.5. The molecule has 0 aromatic heterocycles. The minimum atomic E-state index is -0.309. The third-order valence-electron chi connectivity index (χ3n) is 3.51. The molecule has 0 atom stereocenters. The summed E-state index contributed by atoms with van der Waals surface area (Å²) in [5, 5.41) is 0. The highest BCUT2D eigenvalue weighted by Gasteiger charge is 2.32. The van der Waals surface area contributed by atoms with Gasteiger partial charge in [0.25, 0.3) is 0 Å². The molecule has 0 nitrogen and oxygen atoms in total. The van der Waals surface area contributed by atoms with Crippen molar-refractivity contribution in [3.05, 3.63) is 108 Å². The SMILES string of the molecule is BrC(c1ccccc1)(c1ccccc1)c1ccccc1.C. The smallest absolute Gasteiger partial charge is 0.0776 e. The van der Waals surface area contributed by atoms with Gasteiger partial charge in [-0.05, 0) is 16.7 Å². The molecule has 0 saturated carbocycles. The summed E-state index contributed by atoms with van der Waals surface area (Å²) >= 11 is 4.01. The second-order valence-corrected chi connectivity index (χ2v) is 5.95. The summed E-state index contributed by atoms with van der Waals surface area (Å²) < 4.78 is -0.309. The van der Waals surface area contributed by atoms with Crippen molar-refractivity contribution in [1.29, 1.82) is 0 Å². The predicted molar refractivity (Wildman–Crippen MR) is 94.9 cm³/mol. The molecule has 0 radical (unpaired) electrons. The van der Waals surface area contributed by atoms with Crippen molar-refractivity contribution in [2.45, 2.75) is 11.8 Å². The van der Waals surface area contributed by atoms with Gasteiger partial charge < -0.3 is 0 Å². The predicted octanol–water partition coefficient (Wildman–Crippen LogP) is 6.01. The molecule has 0 aliphatic heterocycles. The molecule has 0 bridgehead atoms. The van der Waals surface area contributed by atoms with Crippen molar-refractivity contribution in [2.75, 3.05) is 0 Å². The van der Waals surface area contributed by atoms with E-state index in [-0.39, 0.29) is 11.8 Å². The zero-order valence-electron chi connectivity index (χ0n) is 11.0. The molecular formula is C20H19Br. The van der Waals surface area contributed by atoms with E-state index in [2.05, 4.69) is 88.7 Å². The van der Waals surface area contributed by atoms with Crippen LogP contribution >= 0.6 is 15.9 Å². The summed E-state index contributed by atoms with van der Waals surface area (Å²) in [5.41, 5.74) is 3.70. The van der Waals surface area contributed by atoms with Gasteiger partial charge in [-0.15, -0.1) is 0 Å². The normalized spacial score (nSPS) is 10.7. The van der Waals surface area contributed by atoms with Crippen LogP contribution in [0.25, 0.3) is 0 Å². The Bertz CT molecular complexity index is 563. The van der Waals surface area contributed by atoms with Gasteiger partial charge in [0.05, 0.1) is 0 Å². The van der Waals surface area contributed by atoms with E-state index in [1.54, 1.807) is 0 Å². The van der Waals surface area contributed by atoms with Crippen molar-refractivity contribution in [2.24, 2.45) is 0 Å². The van der Waals surface area contributed by atoms with E-state index in [4.69, 9.17) is 0 Å². The molecule has 21 heavy (non-hydrogen) atoms. The van der Waals surface area contributed by atoms with Gasteiger partial charge in [0.1, 0.15) is 4.32 Å². The van der Waals surface area contributed by atoms with Crippen molar-refractivity contribution in [3.8, 4) is 0 Å². The van der Waals surface area contributed by atoms with Gasteiger partial charge >= 0.3 is 0 Å². The summed E-state index contributed by atoms with van der Waals surface area (Å²) in [5.74, 6) is 0. The fraction of sp³-hybridized carbons (Fsp3) is 0.100. The van der Waals surface area contributed by atoms with Crippen LogP contribution in [0.5, 0.6) is 0 Å². The van der Waals surface area contributed by atoms with Crippen LogP contribution in [-0.4, -0.2) is 0 Å². The average molecular weight is 339 g/mol. The molecule has 1 heteroatoms. The highest BCUT2D eigenvalue weighted by Crippen LogP contribution is 2.44. The zero-order valence-corrected chi connectivity index (χ0v) is 12.6. The molecule has 0 N–H and O–H groups in total. The quantitative estimate of drug-likeness (QED) is 0.405. The van der Waals surface area contributed by atoms with Crippen LogP contribution in [0, 0.1) is 0 Å². The summed E-state index contributed by atoms with van der Waals surface area (Å²) in [6.07, 6.45) is 0. The van der Waals surface area contributed by atoms with Crippen molar-refractivity contribution in [1.82, 2.24) is 0 Å². The van der Waals surface area contributed by atoms with Crippen LogP contribution in [0.2, 0.25) is 0 Å². The number of hydrogen-bond donors (Lipinski definition) is 0. The highest BCUT2D eigenvalue weighted by molar-refractivity contribution is 9.10. The van der Waals surface area contributed by atoms with Gasteiger partial charge in [-0.1, -0.05) is 114 Å². The number of benzene rings is 3. The molecule has 3 aromatic carbocycles. The molecular weight excluding hydrogens is 320 g/mol. The van der Waals surface area contributed by atoms with Gasteiger partial charge in [-0.2, -0.15) is 0 Å². The fourth-order valence-electron chi connectivity index (χ4n) is 2.50. The van der Waals surface area contributed by atoms with E-state index in [0.29, 0.717) is 0 Å². The maximum atomic E-state index is 4.01. The van der Waals surface area contributed by atoms with Crippen LogP contribution in [-0.2, 0) is 4.32 Å². The Morgan fingerprint density at radius 1 is 0.476 bits per heavy atom. The van der Waals surface area contributed by atoms with Gasteiger partial charge in [-0.3, -0.25) is 0 Å². The lowest BCUT2D eigenvalue weighted by molar-refractivity contribution is 0.917. The third kappa shape index (κ3) is 2.93. The third-order valence-corrected chi connectivity index (χ3v) is 4.89. The minimum absolute atomic E-state index is 0. The van der Waals surface area contributed by atoms with Crippen molar-refractivity contribution in [3.63, 3.8) is 0 Å². The largest absolute Gasteiger partial charge is 0.100 e. The molecule has 0 spiro atoms. The topological polar surface area (TPSA) is 0 Å². The second kappa shape index (κ2) is 6.73. The van der Waals surface area contributed by atoms with E-state index < -0.39 is 0 Å². The van der Waals surface area contributed by atoms with Gasteiger partial charge in [0, 0.05) is 0 Å². The number of alkyl halides is 1. The Labute approximate surface area is 135 Å². The van der Waals surface area contributed by atoms with Crippen molar-refractivity contribution < 1.29 is 0 Å². The minimum Gasteiger partial charge on any atom is -0.0776 e. The Morgan fingerprint density at radius 3 is 0.952 bits per heavy atom. The maximum absolute atomic E-state index is 4.01. The molecule has 0 aliphatic rings.